The molecule has 2 aliphatic heterocycles. The number of carbonyl (C=O) groups is 1. The number of methoxy groups -OCH3 is 1. The van der Waals surface area contributed by atoms with E-state index in [-0.39, 0.29) is 5.91 Å². The molecule has 1 amide bonds. The van der Waals surface area contributed by atoms with Gasteiger partial charge in [-0.1, -0.05) is 12.1 Å². The third-order valence-corrected chi connectivity index (χ3v) is 5.91. The van der Waals surface area contributed by atoms with Crippen LogP contribution in [0.3, 0.4) is 0 Å². The van der Waals surface area contributed by atoms with Crippen LogP contribution in [0.1, 0.15) is 16.9 Å². The standard InChI is InChI=1S/C24H28N4O5/c1-30-20-5-2-4-18-22(26-28(23(18)20)9-8-27-10-14-31-15-11-27)24(29)25-17-6-7-19-21(16-17)33-13-3-12-32-19/h2,4-7,16H,3,8-15H2,1H3,(H,25,29). The van der Waals surface area contributed by atoms with Gasteiger partial charge in [-0.05, 0) is 18.2 Å². The number of nitrogens with zero attached hydrogens (tertiary/aromatic N) is 3. The maximum Gasteiger partial charge on any atom is 0.276 e. The number of benzene rings is 2. The van der Waals surface area contributed by atoms with Crippen LogP contribution in [-0.4, -0.2) is 73.8 Å². The number of carbonyl (C=O) groups excluding carboxylic acids is 1. The molecule has 174 valence electrons. The van der Waals surface area contributed by atoms with Gasteiger partial charge in [-0.3, -0.25) is 14.4 Å². The summed E-state index contributed by atoms with van der Waals surface area (Å²) in [5, 5.41) is 8.40. The van der Waals surface area contributed by atoms with Crippen LogP contribution in [0.4, 0.5) is 5.69 Å². The Hall–Kier alpha value is -3.30. The Labute approximate surface area is 192 Å². The van der Waals surface area contributed by atoms with Crippen molar-refractivity contribution in [3.05, 3.63) is 42.1 Å². The van der Waals surface area contributed by atoms with E-state index in [0.29, 0.717) is 48.4 Å². The molecule has 0 radical (unpaired) electrons. The van der Waals surface area contributed by atoms with Crippen molar-refractivity contribution in [2.45, 2.75) is 13.0 Å². The SMILES string of the molecule is COc1cccc2c(C(=O)Nc3ccc4c(c3)OCCCO4)nn(CCN3CCOCC3)c12. The second kappa shape index (κ2) is 9.68. The van der Waals surface area contributed by atoms with Crippen LogP contribution >= 0.6 is 0 Å². The van der Waals surface area contributed by atoms with E-state index in [1.165, 1.54) is 0 Å². The molecule has 1 fully saturated rings. The van der Waals surface area contributed by atoms with E-state index in [9.17, 15) is 4.79 Å². The summed E-state index contributed by atoms with van der Waals surface area (Å²) in [6.07, 6.45) is 0.825. The molecule has 33 heavy (non-hydrogen) atoms. The Kier molecular flexibility index (Phi) is 6.32. The first-order valence-electron chi connectivity index (χ1n) is 11.3. The molecule has 1 aromatic heterocycles. The minimum atomic E-state index is -0.284. The Balaban J connectivity index is 1.41. The van der Waals surface area contributed by atoms with E-state index in [1.54, 1.807) is 13.2 Å². The predicted molar refractivity (Wildman–Crippen MR) is 124 cm³/mol. The Morgan fingerprint density at radius 3 is 2.70 bits per heavy atom. The first-order chi connectivity index (χ1) is 16.2. The number of aromatic nitrogens is 2. The molecule has 3 aromatic rings. The van der Waals surface area contributed by atoms with Crippen LogP contribution in [0.15, 0.2) is 36.4 Å². The second-order valence-electron chi connectivity index (χ2n) is 8.05. The van der Waals surface area contributed by atoms with Crippen LogP contribution in [-0.2, 0) is 11.3 Å². The largest absolute Gasteiger partial charge is 0.494 e. The number of amides is 1. The second-order valence-corrected chi connectivity index (χ2v) is 8.05. The zero-order valence-corrected chi connectivity index (χ0v) is 18.7. The van der Waals surface area contributed by atoms with Crippen molar-refractivity contribution in [2.75, 3.05) is 58.5 Å². The van der Waals surface area contributed by atoms with E-state index in [4.69, 9.17) is 24.0 Å². The van der Waals surface area contributed by atoms with E-state index < -0.39 is 0 Å². The Bertz CT molecular complexity index is 1140. The minimum absolute atomic E-state index is 0.284. The Morgan fingerprint density at radius 1 is 1.06 bits per heavy atom. The fourth-order valence-electron chi connectivity index (χ4n) is 4.19. The minimum Gasteiger partial charge on any atom is -0.494 e. The van der Waals surface area contributed by atoms with E-state index in [0.717, 1.165) is 50.2 Å². The molecule has 5 rings (SSSR count). The van der Waals surface area contributed by atoms with Gasteiger partial charge in [-0.25, -0.2) is 0 Å². The molecule has 3 heterocycles. The lowest BCUT2D eigenvalue weighted by Crippen LogP contribution is -2.38. The highest BCUT2D eigenvalue weighted by atomic mass is 16.5. The summed E-state index contributed by atoms with van der Waals surface area (Å²) < 4.78 is 24.3. The number of morpholine rings is 1. The van der Waals surface area contributed by atoms with Gasteiger partial charge >= 0.3 is 0 Å². The molecule has 0 atom stereocenters. The fraction of sp³-hybridized carbons (Fsp3) is 0.417. The van der Waals surface area contributed by atoms with Crippen molar-refractivity contribution in [1.29, 1.82) is 0 Å². The maximum absolute atomic E-state index is 13.3. The summed E-state index contributed by atoms with van der Waals surface area (Å²) >= 11 is 0. The molecule has 1 saturated heterocycles. The van der Waals surface area contributed by atoms with Crippen molar-refractivity contribution >= 4 is 22.5 Å². The van der Waals surface area contributed by atoms with Crippen LogP contribution in [0.25, 0.3) is 10.9 Å². The molecule has 0 bridgehead atoms. The molecule has 0 aliphatic carbocycles. The molecular weight excluding hydrogens is 424 g/mol. The quantitative estimate of drug-likeness (QED) is 0.615. The van der Waals surface area contributed by atoms with E-state index in [2.05, 4.69) is 10.2 Å². The highest BCUT2D eigenvalue weighted by Gasteiger charge is 2.21. The molecule has 0 unspecified atom stereocenters. The van der Waals surface area contributed by atoms with Crippen molar-refractivity contribution in [1.82, 2.24) is 14.7 Å². The zero-order valence-electron chi connectivity index (χ0n) is 18.7. The normalized spacial score (nSPS) is 16.4. The summed E-state index contributed by atoms with van der Waals surface area (Å²) in [6.45, 7) is 5.95. The van der Waals surface area contributed by atoms with Crippen molar-refractivity contribution < 1.29 is 23.7 Å². The number of hydrogen-bond acceptors (Lipinski definition) is 7. The number of hydrogen-bond donors (Lipinski definition) is 1. The molecule has 2 aromatic carbocycles. The summed E-state index contributed by atoms with van der Waals surface area (Å²) in [5.41, 5.74) is 1.80. The lowest BCUT2D eigenvalue weighted by molar-refractivity contribution is 0.0361. The molecule has 0 spiro atoms. The molecular formula is C24H28N4O5. The van der Waals surface area contributed by atoms with Gasteiger partial charge in [0.2, 0.25) is 0 Å². The van der Waals surface area contributed by atoms with Crippen LogP contribution in [0.5, 0.6) is 17.2 Å². The van der Waals surface area contributed by atoms with Crippen LogP contribution in [0.2, 0.25) is 0 Å². The number of ether oxygens (including phenoxy) is 4. The highest BCUT2D eigenvalue weighted by Crippen LogP contribution is 2.33. The molecule has 2 aliphatic rings. The average molecular weight is 453 g/mol. The Morgan fingerprint density at radius 2 is 1.88 bits per heavy atom. The third-order valence-electron chi connectivity index (χ3n) is 5.91. The number of fused-ring (bicyclic) bond motifs is 2. The topological polar surface area (TPSA) is 87.1 Å². The summed E-state index contributed by atoms with van der Waals surface area (Å²) in [4.78, 5) is 15.6. The first kappa shape index (κ1) is 21.5. The first-order valence-corrected chi connectivity index (χ1v) is 11.3. The average Bonchev–Trinajstić information content (AvgIpc) is 3.07. The van der Waals surface area contributed by atoms with Crippen molar-refractivity contribution in [3.8, 4) is 17.2 Å². The number of nitrogens with one attached hydrogen (secondary N) is 1. The van der Waals surface area contributed by atoms with Gasteiger partial charge in [0, 0.05) is 43.2 Å². The van der Waals surface area contributed by atoms with Crippen LogP contribution < -0.4 is 19.5 Å². The van der Waals surface area contributed by atoms with Gasteiger partial charge in [-0.2, -0.15) is 5.10 Å². The molecule has 9 nitrogen and oxygen atoms in total. The number of anilines is 1. The van der Waals surface area contributed by atoms with Gasteiger partial charge in [0.1, 0.15) is 11.3 Å². The zero-order chi connectivity index (χ0) is 22.6. The summed E-state index contributed by atoms with van der Waals surface area (Å²) in [7, 11) is 1.63. The van der Waals surface area contributed by atoms with Gasteiger partial charge in [-0.15, -0.1) is 0 Å². The van der Waals surface area contributed by atoms with Crippen LogP contribution in [0, 0.1) is 0 Å². The highest BCUT2D eigenvalue weighted by molar-refractivity contribution is 6.12. The summed E-state index contributed by atoms with van der Waals surface area (Å²) in [6, 6.07) is 11.1. The van der Waals surface area contributed by atoms with Crippen molar-refractivity contribution in [2.24, 2.45) is 0 Å². The lowest BCUT2D eigenvalue weighted by atomic mass is 10.2. The summed E-state index contributed by atoms with van der Waals surface area (Å²) in [5.74, 6) is 1.73. The number of rotatable bonds is 6. The maximum atomic E-state index is 13.3. The van der Waals surface area contributed by atoms with Gasteiger partial charge in [0.25, 0.3) is 5.91 Å². The van der Waals surface area contributed by atoms with Gasteiger partial charge in [0.05, 0.1) is 40.1 Å². The van der Waals surface area contributed by atoms with Crippen molar-refractivity contribution in [3.63, 3.8) is 0 Å². The molecule has 9 heteroatoms. The fourth-order valence-corrected chi connectivity index (χ4v) is 4.19. The van der Waals surface area contributed by atoms with Gasteiger partial charge in [0.15, 0.2) is 17.2 Å². The number of para-hydroxylation sites is 1. The lowest BCUT2D eigenvalue weighted by Gasteiger charge is -2.26. The predicted octanol–water partition coefficient (Wildman–Crippen LogP) is 2.79. The van der Waals surface area contributed by atoms with Gasteiger partial charge < -0.3 is 24.3 Å². The monoisotopic (exact) mass is 452 g/mol. The van der Waals surface area contributed by atoms with E-state index in [1.807, 2.05) is 35.0 Å². The smallest absolute Gasteiger partial charge is 0.276 e. The van der Waals surface area contributed by atoms with E-state index >= 15 is 0 Å². The third kappa shape index (κ3) is 4.60. The molecule has 0 saturated carbocycles. The molecule has 1 N–H and O–H groups in total.